The first-order valence-corrected chi connectivity index (χ1v) is 13.0. The third kappa shape index (κ3) is 5.33. The maximum atomic E-state index is 15.1. The van der Waals surface area contributed by atoms with Gasteiger partial charge < -0.3 is 30.0 Å². The van der Waals surface area contributed by atoms with Crippen LogP contribution in [0.1, 0.15) is 12.1 Å². The van der Waals surface area contributed by atoms with Crippen LogP contribution in [-0.4, -0.2) is 53.1 Å². The summed E-state index contributed by atoms with van der Waals surface area (Å²) >= 11 is 0. The lowest BCUT2D eigenvalue weighted by atomic mass is 9.94. The molecule has 178 valence electrons. The molecular weight excluding hydrogens is 500 g/mol. The molecule has 15 nitrogen and oxygen atoms in total. The number of nitrogen functional groups attached to an aromatic ring is 1. The molecule has 19 heteroatoms. The summed E-state index contributed by atoms with van der Waals surface area (Å²) in [7, 11) is -16.6. The highest BCUT2D eigenvalue weighted by atomic mass is 31.3. The van der Waals surface area contributed by atoms with E-state index in [0.717, 1.165) is 6.33 Å². The van der Waals surface area contributed by atoms with E-state index in [9.17, 15) is 18.6 Å². The second-order valence-electron chi connectivity index (χ2n) is 6.49. The van der Waals surface area contributed by atoms with Crippen molar-refractivity contribution < 1.29 is 55.5 Å². The van der Waals surface area contributed by atoms with E-state index >= 15 is 4.39 Å². The van der Waals surface area contributed by atoms with E-state index in [1.165, 1.54) is 22.7 Å². The Morgan fingerprint density at radius 2 is 1.97 bits per heavy atom. The van der Waals surface area contributed by atoms with E-state index < -0.39 is 48.0 Å². The first kappa shape index (κ1) is 25.1. The molecule has 6 N–H and O–H groups in total. The molecule has 1 aliphatic rings. The fourth-order valence-electron chi connectivity index (χ4n) is 3.14. The zero-order valence-electron chi connectivity index (χ0n) is 15.9. The van der Waals surface area contributed by atoms with E-state index in [1.807, 2.05) is 0 Å². The predicted octanol–water partition coefficient (Wildman–Crippen LogP) is 1.16. The highest BCUT2D eigenvalue weighted by Crippen LogP contribution is 2.66. The van der Waals surface area contributed by atoms with Gasteiger partial charge in [0.15, 0.2) is 11.4 Å². The Bertz CT molecular complexity index is 1170. The number of anilines is 1. The van der Waals surface area contributed by atoms with Crippen LogP contribution >= 0.6 is 23.5 Å². The highest BCUT2D eigenvalue weighted by molar-refractivity contribution is 7.66. The van der Waals surface area contributed by atoms with Crippen molar-refractivity contribution in [2.24, 2.45) is 0 Å². The van der Waals surface area contributed by atoms with Crippen molar-refractivity contribution >= 4 is 34.8 Å². The molecule has 0 amide bonds. The Morgan fingerprint density at radius 1 is 1.28 bits per heavy atom. The second-order valence-corrected chi connectivity index (χ2v) is 10.9. The van der Waals surface area contributed by atoms with Gasteiger partial charge in [0.2, 0.25) is 0 Å². The fourth-order valence-corrected chi connectivity index (χ4v) is 6.19. The van der Waals surface area contributed by atoms with Crippen molar-refractivity contribution in [1.82, 2.24) is 14.6 Å². The highest BCUT2D eigenvalue weighted by Gasteiger charge is 2.51. The summed E-state index contributed by atoms with van der Waals surface area (Å²) in [5.41, 5.74) is 4.59. The van der Waals surface area contributed by atoms with Crippen molar-refractivity contribution in [3.8, 4) is 0 Å². The van der Waals surface area contributed by atoms with Crippen molar-refractivity contribution in [1.29, 1.82) is 0 Å². The number of nitrogens with two attached hydrogens (primary N) is 1. The number of phosphoric ester groups is 1. The van der Waals surface area contributed by atoms with Gasteiger partial charge in [-0.2, -0.15) is 13.7 Å². The Balaban J connectivity index is 1.75. The fraction of sp³-hybridized carbons (Fsp3) is 0.385. The lowest BCUT2D eigenvalue weighted by molar-refractivity contribution is -0.0528. The molecule has 1 saturated heterocycles. The van der Waals surface area contributed by atoms with Crippen LogP contribution in [-0.2, 0) is 37.2 Å². The summed E-state index contributed by atoms with van der Waals surface area (Å²) in [6.07, 6.45) is -0.920. The maximum absolute atomic E-state index is 15.1. The number of rotatable bonds is 9. The zero-order chi connectivity index (χ0) is 23.9. The molecule has 3 rings (SSSR count). The Kier molecular flexibility index (Phi) is 6.80. The lowest BCUT2D eigenvalue weighted by Gasteiger charge is -2.27. The number of fused-ring (bicyclic) bond motifs is 1. The molecule has 5 atom stereocenters. The molecule has 3 heterocycles. The molecule has 1 aliphatic heterocycles. The van der Waals surface area contributed by atoms with Crippen LogP contribution in [0.25, 0.3) is 5.52 Å². The number of nitrogens with zero attached hydrogens (tertiary/aromatic N) is 3. The van der Waals surface area contributed by atoms with Gasteiger partial charge in [0.05, 0.1) is 18.4 Å². The van der Waals surface area contributed by atoms with Crippen LogP contribution in [0.3, 0.4) is 0 Å². The Hall–Kier alpha value is -1.54. The van der Waals surface area contributed by atoms with E-state index in [1.54, 1.807) is 0 Å². The van der Waals surface area contributed by atoms with Gasteiger partial charge in [-0.05, 0) is 12.1 Å². The summed E-state index contributed by atoms with van der Waals surface area (Å²) in [5.74, 6) is 0.128. The Morgan fingerprint density at radius 3 is 2.59 bits per heavy atom. The molecule has 0 saturated carbocycles. The van der Waals surface area contributed by atoms with Gasteiger partial charge in [-0.1, -0.05) is 12.7 Å². The molecule has 2 aromatic rings. The molecule has 0 radical (unpaired) electrons. The van der Waals surface area contributed by atoms with Gasteiger partial charge in [-0.15, -0.1) is 0 Å². The van der Waals surface area contributed by atoms with Gasteiger partial charge in [0.1, 0.15) is 18.0 Å². The molecular formula is C13H18FN4O11P3. The van der Waals surface area contributed by atoms with Crippen molar-refractivity contribution in [2.45, 2.75) is 24.3 Å². The molecule has 0 bridgehead atoms. The molecule has 0 spiro atoms. The van der Waals surface area contributed by atoms with E-state index in [4.69, 9.17) is 25.2 Å². The zero-order valence-corrected chi connectivity index (χ0v) is 18.6. The number of ether oxygens (including phenoxy) is 1. The first-order valence-electron chi connectivity index (χ1n) is 8.50. The summed E-state index contributed by atoms with van der Waals surface area (Å²) in [6, 6.07) is 3.02. The molecule has 1 fully saturated rings. The monoisotopic (exact) mass is 518 g/mol. The van der Waals surface area contributed by atoms with Crippen LogP contribution in [0.5, 0.6) is 0 Å². The molecule has 0 aliphatic carbocycles. The summed E-state index contributed by atoms with van der Waals surface area (Å²) in [6.45, 7) is 2.79. The number of alkyl halides is 1. The van der Waals surface area contributed by atoms with Gasteiger partial charge in [0.25, 0.3) is 0 Å². The van der Waals surface area contributed by atoms with Crippen molar-refractivity contribution in [3.63, 3.8) is 0 Å². The van der Waals surface area contributed by atoms with Gasteiger partial charge in [-0.25, -0.2) is 27.6 Å². The summed E-state index contributed by atoms with van der Waals surface area (Å²) < 4.78 is 67.7. The number of aromatic nitrogens is 3. The standard InChI is InChI=1S/C13H18FN4O11P3/c1-2-13(11-4-3-9-12(15)16-7-17-18(9)11)10(14)5-8(27-13)6-26-31(22,23)29-32(24,25)28-30(19,20)21/h2-4,7-8,10H,1,5-6H2,(H,22,23)(H,24,25)(H2,15,16,17)(H2,19,20,21). The molecule has 2 aromatic heterocycles. The minimum Gasteiger partial charge on any atom is -0.382 e. The molecule has 0 aromatic carbocycles. The smallest absolute Gasteiger partial charge is 0.382 e. The minimum absolute atomic E-state index is 0.128. The van der Waals surface area contributed by atoms with Gasteiger partial charge in [-0.3, -0.25) is 4.52 Å². The topological polar surface area (TPSA) is 225 Å². The normalized spacial score (nSPS) is 27.8. The first-order chi connectivity index (χ1) is 14.7. The minimum atomic E-state index is -5.67. The summed E-state index contributed by atoms with van der Waals surface area (Å²) in [5, 5.41) is 4.01. The molecule has 32 heavy (non-hydrogen) atoms. The largest absolute Gasteiger partial charge is 0.490 e. The number of hydrogen-bond acceptors (Lipinski definition) is 10. The lowest BCUT2D eigenvalue weighted by Crippen LogP contribution is -2.34. The summed E-state index contributed by atoms with van der Waals surface area (Å²) in [4.78, 5) is 39.6. The predicted molar refractivity (Wildman–Crippen MR) is 103 cm³/mol. The van der Waals surface area contributed by atoms with Crippen LogP contribution in [0.15, 0.2) is 31.1 Å². The van der Waals surface area contributed by atoms with Crippen LogP contribution in [0, 0.1) is 0 Å². The van der Waals surface area contributed by atoms with Crippen LogP contribution < -0.4 is 5.73 Å². The third-order valence-corrected chi connectivity index (χ3v) is 8.12. The van der Waals surface area contributed by atoms with Crippen LogP contribution in [0.2, 0.25) is 0 Å². The number of hydrogen-bond donors (Lipinski definition) is 5. The SMILES string of the molecule is C=CC1(c2ccc3c(N)ncnn23)OC(COP(=O)(O)OP(=O)(O)OP(=O)(O)O)CC1F. The van der Waals surface area contributed by atoms with E-state index in [2.05, 4.69) is 29.8 Å². The van der Waals surface area contributed by atoms with E-state index in [0.29, 0.717) is 5.52 Å². The number of halogens is 1. The molecule has 5 unspecified atom stereocenters. The second kappa shape index (κ2) is 8.67. The van der Waals surface area contributed by atoms with Gasteiger partial charge in [0, 0.05) is 6.42 Å². The Labute approximate surface area is 179 Å². The van der Waals surface area contributed by atoms with E-state index in [-0.39, 0.29) is 17.9 Å². The van der Waals surface area contributed by atoms with Crippen molar-refractivity contribution in [3.05, 3.63) is 36.8 Å². The third-order valence-electron chi connectivity index (χ3n) is 4.32. The average molecular weight is 518 g/mol. The number of phosphoric acid groups is 3. The van der Waals surface area contributed by atoms with Crippen molar-refractivity contribution in [2.75, 3.05) is 12.3 Å². The average Bonchev–Trinajstić information content (AvgIpc) is 3.19. The van der Waals surface area contributed by atoms with Gasteiger partial charge >= 0.3 is 23.5 Å². The maximum Gasteiger partial charge on any atom is 0.490 e. The quantitative estimate of drug-likeness (QED) is 0.232. The van der Waals surface area contributed by atoms with Crippen LogP contribution in [0.4, 0.5) is 10.2 Å².